The Morgan fingerprint density at radius 2 is 1.94 bits per heavy atom. The van der Waals surface area contributed by atoms with Crippen LogP contribution in [0.2, 0.25) is 0 Å². The van der Waals surface area contributed by atoms with Crippen LogP contribution in [-0.4, -0.2) is 36.6 Å². The molecule has 1 atom stereocenters. The minimum absolute atomic E-state index is 0.757. The van der Waals surface area contributed by atoms with E-state index in [1.54, 1.807) is 0 Å². The molecule has 0 heterocycles. The minimum Gasteiger partial charge on any atom is -0.315 e. The monoisotopic (exact) mass is 240 g/mol. The van der Waals surface area contributed by atoms with E-state index >= 15 is 0 Å². The van der Waals surface area contributed by atoms with Crippen LogP contribution in [-0.2, 0) is 0 Å². The first-order chi connectivity index (χ1) is 8.19. The van der Waals surface area contributed by atoms with Crippen LogP contribution < -0.4 is 5.32 Å². The van der Waals surface area contributed by atoms with E-state index in [2.05, 4.69) is 37.9 Å². The molecule has 0 radical (unpaired) electrons. The van der Waals surface area contributed by atoms with E-state index in [0.717, 1.165) is 18.0 Å². The van der Waals surface area contributed by atoms with E-state index in [0.29, 0.717) is 0 Å². The standard InChI is InChI=1S/C15H32N2/c1-5-10-16-12-14(6-2)17(15-7-8-15)11-9-13(3)4/h13-16H,5-12H2,1-4H3. The van der Waals surface area contributed by atoms with Gasteiger partial charge in [0.25, 0.3) is 0 Å². The van der Waals surface area contributed by atoms with Gasteiger partial charge in [0.15, 0.2) is 0 Å². The van der Waals surface area contributed by atoms with Gasteiger partial charge in [-0.15, -0.1) is 0 Å². The summed E-state index contributed by atoms with van der Waals surface area (Å²) in [5.41, 5.74) is 0. The summed E-state index contributed by atoms with van der Waals surface area (Å²) in [4.78, 5) is 2.78. The van der Waals surface area contributed by atoms with E-state index in [-0.39, 0.29) is 0 Å². The molecule has 1 aliphatic rings. The molecule has 0 bridgehead atoms. The third kappa shape index (κ3) is 5.87. The largest absolute Gasteiger partial charge is 0.315 e. The highest BCUT2D eigenvalue weighted by molar-refractivity contribution is 4.89. The molecule has 1 fully saturated rings. The van der Waals surface area contributed by atoms with Crippen LogP contribution in [0.3, 0.4) is 0 Å². The van der Waals surface area contributed by atoms with Crippen molar-refractivity contribution in [2.75, 3.05) is 19.6 Å². The predicted octanol–water partition coefficient (Wildman–Crippen LogP) is 3.28. The molecule has 102 valence electrons. The Hall–Kier alpha value is -0.0800. The van der Waals surface area contributed by atoms with Gasteiger partial charge in [-0.05, 0) is 51.1 Å². The summed E-state index contributed by atoms with van der Waals surface area (Å²) in [5.74, 6) is 0.831. The van der Waals surface area contributed by atoms with Gasteiger partial charge in [-0.2, -0.15) is 0 Å². The molecule has 2 nitrogen and oxygen atoms in total. The smallest absolute Gasteiger partial charge is 0.0220 e. The Kier molecular flexibility index (Phi) is 7.14. The van der Waals surface area contributed by atoms with Gasteiger partial charge in [-0.3, -0.25) is 4.90 Å². The van der Waals surface area contributed by atoms with Crippen LogP contribution >= 0.6 is 0 Å². The van der Waals surface area contributed by atoms with E-state index < -0.39 is 0 Å². The lowest BCUT2D eigenvalue weighted by Gasteiger charge is -2.32. The Morgan fingerprint density at radius 3 is 2.41 bits per heavy atom. The maximum atomic E-state index is 3.60. The van der Waals surface area contributed by atoms with Gasteiger partial charge >= 0.3 is 0 Å². The summed E-state index contributed by atoms with van der Waals surface area (Å²) in [6.45, 7) is 12.9. The van der Waals surface area contributed by atoms with Crippen molar-refractivity contribution >= 4 is 0 Å². The first-order valence-corrected chi connectivity index (χ1v) is 7.65. The second-order valence-corrected chi connectivity index (χ2v) is 5.92. The Morgan fingerprint density at radius 1 is 1.24 bits per heavy atom. The molecular formula is C15H32N2. The van der Waals surface area contributed by atoms with Gasteiger partial charge in [0.05, 0.1) is 0 Å². The van der Waals surface area contributed by atoms with Gasteiger partial charge in [0, 0.05) is 18.6 Å². The van der Waals surface area contributed by atoms with Gasteiger partial charge < -0.3 is 5.32 Å². The zero-order valence-corrected chi connectivity index (χ0v) is 12.3. The van der Waals surface area contributed by atoms with Crippen molar-refractivity contribution in [2.24, 2.45) is 5.92 Å². The highest BCUT2D eigenvalue weighted by Crippen LogP contribution is 2.29. The van der Waals surface area contributed by atoms with Gasteiger partial charge in [-0.25, -0.2) is 0 Å². The second kappa shape index (κ2) is 8.10. The molecule has 0 amide bonds. The lowest BCUT2D eigenvalue weighted by Crippen LogP contribution is -2.44. The SMILES string of the molecule is CCCNCC(CC)N(CCC(C)C)C1CC1. The van der Waals surface area contributed by atoms with Crippen molar-refractivity contribution in [3.63, 3.8) is 0 Å². The van der Waals surface area contributed by atoms with Crippen molar-refractivity contribution in [1.29, 1.82) is 0 Å². The lowest BCUT2D eigenvalue weighted by molar-refractivity contribution is 0.168. The minimum atomic E-state index is 0.757. The van der Waals surface area contributed by atoms with Crippen LogP contribution in [0.4, 0.5) is 0 Å². The third-order valence-corrected chi connectivity index (χ3v) is 3.73. The fourth-order valence-electron chi connectivity index (χ4n) is 2.42. The number of nitrogens with zero attached hydrogens (tertiary/aromatic N) is 1. The van der Waals surface area contributed by atoms with Crippen LogP contribution in [0.25, 0.3) is 0 Å². The van der Waals surface area contributed by atoms with Crippen LogP contribution in [0, 0.1) is 5.92 Å². The van der Waals surface area contributed by atoms with Crippen LogP contribution in [0.15, 0.2) is 0 Å². The fraction of sp³-hybridized carbons (Fsp3) is 1.00. The lowest BCUT2D eigenvalue weighted by atomic mass is 10.1. The summed E-state index contributed by atoms with van der Waals surface area (Å²) < 4.78 is 0. The molecular weight excluding hydrogens is 208 g/mol. The summed E-state index contributed by atoms with van der Waals surface area (Å²) >= 11 is 0. The summed E-state index contributed by atoms with van der Waals surface area (Å²) in [6.07, 6.45) is 6.74. The molecule has 0 aromatic heterocycles. The second-order valence-electron chi connectivity index (χ2n) is 5.92. The first-order valence-electron chi connectivity index (χ1n) is 7.65. The highest BCUT2D eigenvalue weighted by Gasteiger charge is 2.32. The maximum absolute atomic E-state index is 3.60. The van der Waals surface area contributed by atoms with Crippen LogP contribution in [0.5, 0.6) is 0 Å². The van der Waals surface area contributed by atoms with Crippen LogP contribution in [0.1, 0.15) is 59.8 Å². The molecule has 1 aliphatic carbocycles. The molecule has 0 saturated heterocycles. The Balaban J connectivity index is 2.36. The van der Waals surface area contributed by atoms with E-state index in [9.17, 15) is 0 Å². The average Bonchev–Trinajstić information content (AvgIpc) is 3.11. The zero-order valence-electron chi connectivity index (χ0n) is 12.3. The quantitative estimate of drug-likeness (QED) is 0.590. The molecule has 1 unspecified atom stereocenters. The molecule has 0 spiro atoms. The summed E-state index contributed by atoms with van der Waals surface area (Å²) in [7, 11) is 0. The first kappa shape index (κ1) is 15.0. The normalized spacial score (nSPS) is 18.0. The Bertz CT molecular complexity index is 187. The molecule has 0 aromatic rings. The fourth-order valence-corrected chi connectivity index (χ4v) is 2.42. The highest BCUT2D eigenvalue weighted by atomic mass is 15.2. The van der Waals surface area contributed by atoms with E-state index in [1.165, 1.54) is 51.7 Å². The van der Waals surface area contributed by atoms with E-state index in [4.69, 9.17) is 0 Å². The molecule has 0 aliphatic heterocycles. The molecule has 2 heteroatoms. The van der Waals surface area contributed by atoms with Crippen molar-refractivity contribution in [2.45, 2.75) is 71.9 Å². The molecule has 0 aromatic carbocycles. The summed E-state index contributed by atoms with van der Waals surface area (Å²) in [5, 5.41) is 3.60. The van der Waals surface area contributed by atoms with Crippen molar-refractivity contribution < 1.29 is 0 Å². The van der Waals surface area contributed by atoms with Gasteiger partial charge in [0.1, 0.15) is 0 Å². The predicted molar refractivity (Wildman–Crippen MR) is 76.4 cm³/mol. The third-order valence-electron chi connectivity index (χ3n) is 3.73. The van der Waals surface area contributed by atoms with Crippen molar-refractivity contribution in [3.8, 4) is 0 Å². The average molecular weight is 240 g/mol. The van der Waals surface area contributed by atoms with E-state index in [1.807, 2.05) is 0 Å². The number of nitrogens with one attached hydrogen (secondary N) is 1. The summed E-state index contributed by atoms with van der Waals surface area (Å²) in [6, 6.07) is 1.66. The van der Waals surface area contributed by atoms with Gasteiger partial charge in [0.2, 0.25) is 0 Å². The van der Waals surface area contributed by atoms with Crippen molar-refractivity contribution in [3.05, 3.63) is 0 Å². The number of hydrogen-bond acceptors (Lipinski definition) is 2. The number of rotatable bonds is 10. The Labute approximate surface area is 108 Å². The maximum Gasteiger partial charge on any atom is 0.0220 e. The molecule has 1 saturated carbocycles. The number of hydrogen-bond donors (Lipinski definition) is 1. The molecule has 1 rings (SSSR count). The zero-order chi connectivity index (χ0) is 12.7. The molecule has 17 heavy (non-hydrogen) atoms. The molecule has 1 N–H and O–H groups in total. The topological polar surface area (TPSA) is 15.3 Å². The van der Waals surface area contributed by atoms with Crippen molar-refractivity contribution in [1.82, 2.24) is 10.2 Å². The van der Waals surface area contributed by atoms with Gasteiger partial charge in [-0.1, -0.05) is 27.7 Å².